The van der Waals surface area contributed by atoms with E-state index < -0.39 is 23.2 Å². The minimum Gasteiger partial charge on any atom is -0.478 e. The number of hydrogen-bond donors (Lipinski definition) is 3. The molecule has 0 unspecified atom stereocenters. The molecule has 1 heterocycles. The van der Waals surface area contributed by atoms with Gasteiger partial charge in [0.25, 0.3) is 0 Å². The van der Waals surface area contributed by atoms with Crippen molar-refractivity contribution < 1.29 is 18.7 Å². The molecule has 0 spiro atoms. The van der Waals surface area contributed by atoms with Gasteiger partial charge >= 0.3 is 5.97 Å². The fourth-order valence-corrected chi connectivity index (χ4v) is 1.44. The van der Waals surface area contributed by atoms with Crippen molar-refractivity contribution in [2.45, 2.75) is 6.04 Å². The Labute approximate surface area is 90.3 Å². The second-order valence-electron chi connectivity index (χ2n) is 3.59. The molecule has 16 heavy (non-hydrogen) atoms. The smallest absolute Gasteiger partial charge is 0.338 e. The monoisotopic (exact) mass is 228 g/mol. The number of benzene rings is 1. The number of rotatable bonds is 3. The van der Waals surface area contributed by atoms with Gasteiger partial charge in [0.2, 0.25) is 0 Å². The number of carboxylic acid groups (broad SMARTS) is 1. The molecule has 1 aliphatic rings. The first-order chi connectivity index (χ1) is 7.59. The van der Waals surface area contributed by atoms with E-state index in [1.54, 1.807) is 0 Å². The third-order valence-corrected chi connectivity index (χ3v) is 2.45. The number of halogens is 2. The Morgan fingerprint density at radius 3 is 2.56 bits per heavy atom. The Morgan fingerprint density at radius 1 is 1.38 bits per heavy atom. The van der Waals surface area contributed by atoms with Crippen molar-refractivity contribution in [1.29, 1.82) is 0 Å². The van der Waals surface area contributed by atoms with Crippen molar-refractivity contribution in [3.05, 3.63) is 29.3 Å². The summed E-state index contributed by atoms with van der Waals surface area (Å²) in [6.07, 6.45) is 0. The van der Waals surface area contributed by atoms with E-state index >= 15 is 0 Å². The zero-order valence-corrected chi connectivity index (χ0v) is 8.26. The van der Waals surface area contributed by atoms with Crippen LogP contribution in [0.25, 0.3) is 0 Å². The normalized spacial score (nSPS) is 15.6. The number of hydrogen-bond acceptors (Lipinski definition) is 3. The van der Waals surface area contributed by atoms with Crippen LogP contribution >= 0.6 is 0 Å². The maximum atomic E-state index is 13.4. The lowest BCUT2D eigenvalue weighted by Gasteiger charge is -2.29. The van der Waals surface area contributed by atoms with Crippen LogP contribution in [0.1, 0.15) is 10.4 Å². The Morgan fingerprint density at radius 2 is 2.06 bits per heavy atom. The predicted molar refractivity (Wildman–Crippen MR) is 53.6 cm³/mol. The van der Waals surface area contributed by atoms with E-state index in [0.29, 0.717) is 13.1 Å². The van der Waals surface area contributed by atoms with Crippen LogP contribution in [0.3, 0.4) is 0 Å². The first-order valence-corrected chi connectivity index (χ1v) is 4.78. The summed E-state index contributed by atoms with van der Waals surface area (Å²) in [5, 5.41) is 14.3. The van der Waals surface area contributed by atoms with Crippen molar-refractivity contribution in [2.24, 2.45) is 0 Å². The highest BCUT2D eigenvalue weighted by atomic mass is 19.2. The Kier molecular flexibility index (Phi) is 2.74. The molecule has 4 nitrogen and oxygen atoms in total. The topological polar surface area (TPSA) is 61.4 Å². The van der Waals surface area contributed by atoms with Gasteiger partial charge < -0.3 is 15.7 Å². The van der Waals surface area contributed by atoms with Gasteiger partial charge in [-0.05, 0) is 12.1 Å². The number of carbonyl (C=O) groups is 1. The van der Waals surface area contributed by atoms with Gasteiger partial charge in [0.1, 0.15) is 0 Å². The van der Waals surface area contributed by atoms with Crippen molar-refractivity contribution >= 4 is 11.7 Å². The van der Waals surface area contributed by atoms with E-state index in [9.17, 15) is 13.6 Å². The summed E-state index contributed by atoms with van der Waals surface area (Å²) in [6.45, 7) is 1.36. The molecule has 3 N–H and O–H groups in total. The first-order valence-electron chi connectivity index (χ1n) is 4.78. The van der Waals surface area contributed by atoms with Gasteiger partial charge in [-0.25, -0.2) is 13.6 Å². The third-order valence-electron chi connectivity index (χ3n) is 2.45. The van der Waals surface area contributed by atoms with Crippen molar-refractivity contribution in [1.82, 2.24) is 5.32 Å². The van der Waals surface area contributed by atoms with Crippen LogP contribution in [0.15, 0.2) is 12.1 Å². The molecule has 86 valence electrons. The molecule has 1 aliphatic heterocycles. The quantitative estimate of drug-likeness (QED) is 0.723. The van der Waals surface area contributed by atoms with Crippen LogP contribution in [0.2, 0.25) is 0 Å². The summed E-state index contributed by atoms with van der Waals surface area (Å²) in [4.78, 5) is 10.5. The highest BCUT2D eigenvalue weighted by Gasteiger charge is 2.21. The van der Waals surface area contributed by atoms with Gasteiger partial charge in [0, 0.05) is 13.1 Å². The average molecular weight is 228 g/mol. The van der Waals surface area contributed by atoms with Crippen LogP contribution in [0, 0.1) is 11.6 Å². The molecule has 0 saturated carbocycles. The predicted octanol–water partition coefficient (Wildman–Crippen LogP) is 1.05. The van der Waals surface area contributed by atoms with E-state index in [-0.39, 0.29) is 11.7 Å². The van der Waals surface area contributed by atoms with Gasteiger partial charge in [-0.1, -0.05) is 0 Å². The van der Waals surface area contributed by atoms with Crippen LogP contribution in [-0.2, 0) is 0 Å². The van der Waals surface area contributed by atoms with E-state index in [0.717, 1.165) is 6.07 Å². The minimum absolute atomic E-state index is 0.00556. The summed E-state index contributed by atoms with van der Waals surface area (Å²) in [7, 11) is 0. The Bertz CT molecular complexity index is 433. The lowest BCUT2D eigenvalue weighted by atomic mass is 10.1. The fourth-order valence-electron chi connectivity index (χ4n) is 1.44. The van der Waals surface area contributed by atoms with E-state index in [4.69, 9.17) is 5.11 Å². The molecule has 0 bridgehead atoms. The summed E-state index contributed by atoms with van der Waals surface area (Å²) in [5.74, 6) is -3.95. The molecule has 0 radical (unpaired) electrons. The van der Waals surface area contributed by atoms with Gasteiger partial charge in [0.05, 0.1) is 17.3 Å². The molecule has 0 atom stereocenters. The molecule has 1 aromatic carbocycles. The number of anilines is 1. The summed E-state index contributed by atoms with van der Waals surface area (Å²) in [5.41, 5.74) is -0.663. The van der Waals surface area contributed by atoms with Gasteiger partial charge in [-0.3, -0.25) is 0 Å². The molecule has 0 aliphatic carbocycles. The molecule has 2 rings (SSSR count). The lowest BCUT2D eigenvalue weighted by Crippen LogP contribution is -2.51. The minimum atomic E-state index is -1.48. The first kappa shape index (κ1) is 10.8. The molecule has 0 aromatic heterocycles. The van der Waals surface area contributed by atoms with Crippen molar-refractivity contribution in [3.8, 4) is 0 Å². The van der Waals surface area contributed by atoms with E-state index in [2.05, 4.69) is 10.6 Å². The van der Waals surface area contributed by atoms with E-state index in [1.807, 2.05) is 0 Å². The number of carboxylic acids is 1. The summed E-state index contributed by atoms with van der Waals surface area (Å²) < 4.78 is 26.7. The maximum Gasteiger partial charge on any atom is 0.338 e. The third kappa shape index (κ3) is 1.83. The van der Waals surface area contributed by atoms with Gasteiger partial charge in [0.15, 0.2) is 11.6 Å². The largest absolute Gasteiger partial charge is 0.478 e. The SMILES string of the molecule is O=C(O)c1ccc(NC2CNC2)c(F)c1F. The molecular weight excluding hydrogens is 218 g/mol. The second-order valence-corrected chi connectivity index (χ2v) is 3.59. The van der Waals surface area contributed by atoms with Crippen molar-refractivity contribution in [2.75, 3.05) is 18.4 Å². The zero-order valence-electron chi connectivity index (χ0n) is 8.26. The van der Waals surface area contributed by atoms with Crippen LogP contribution in [0.5, 0.6) is 0 Å². The van der Waals surface area contributed by atoms with Gasteiger partial charge in [-0.2, -0.15) is 0 Å². The van der Waals surface area contributed by atoms with Crippen LogP contribution in [0.4, 0.5) is 14.5 Å². The maximum absolute atomic E-state index is 13.4. The molecule has 1 saturated heterocycles. The molecule has 1 fully saturated rings. The van der Waals surface area contributed by atoms with E-state index in [1.165, 1.54) is 6.07 Å². The number of nitrogens with one attached hydrogen (secondary N) is 2. The molecule has 1 aromatic rings. The second kappa shape index (κ2) is 4.05. The number of aromatic carboxylic acids is 1. The molecular formula is C10H10F2N2O2. The van der Waals surface area contributed by atoms with Crippen LogP contribution in [-0.4, -0.2) is 30.2 Å². The standard InChI is InChI=1S/C10H10F2N2O2/c11-8-6(10(15)16)1-2-7(9(8)12)14-5-3-13-4-5/h1-2,5,13-14H,3-4H2,(H,15,16). The van der Waals surface area contributed by atoms with Crippen molar-refractivity contribution in [3.63, 3.8) is 0 Å². The van der Waals surface area contributed by atoms with Gasteiger partial charge in [-0.15, -0.1) is 0 Å². The van der Waals surface area contributed by atoms with Crippen LogP contribution < -0.4 is 10.6 Å². The summed E-state index contributed by atoms with van der Waals surface area (Å²) >= 11 is 0. The molecule has 0 amide bonds. The highest BCUT2D eigenvalue weighted by molar-refractivity contribution is 5.88. The Balaban J connectivity index is 2.26. The average Bonchev–Trinajstić information content (AvgIpc) is 2.17. The molecule has 6 heteroatoms. The fraction of sp³-hybridized carbons (Fsp3) is 0.300. The lowest BCUT2D eigenvalue weighted by molar-refractivity contribution is 0.0690. The zero-order chi connectivity index (χ0) is 11.7. The highest BCUT2D eigenvalue weighted by Crippen LogP contribution is 2.21. The Hall–Kier alpha value is -1.69. The summed E-state index contributed by atoms with van der Waals surface area (Å²) in [6, 6.07) is 2.35.